The second-order valence-corrected chi connectivity index (χ2v) is 3.61. The molecule has 0 amide bonds. The molecule has 3 heteroatoms. The molecule has 0 atom stereocenters. The number of anilines is 2. The summed E-state index contributed by atoms with van der Waals surface area (Å²) in [7, 11) is 0. The number of nitrogens with zero attached hydrogens (tertiary/aromatic N) is 1. The number of nitrogens with one attached hydrogen (secondary N) is 2. The van der Waals surface area contributed by atoms with E-state index in [4.69, 9.17) is 0 Å². The second kappa shape index (κ2) is 4.84. The first-order valence-corrected chi connectivity index (χ1v) is 5.31. The van der Waals surface area contributed by atoms with Crippen molar-refractivity contribution in [1.29, 1.82) is 0 Å². The number of rotatable bonds is 4. The molecule has 0 aliphatic carbocycles. The molecule has 0 radical (unpaired) electrons. The van der Waals surface area contributed by atoms with Gasteiger partial charge in [-0.3, -0.25) is 5.32 Å². The second-order valence-electron chi connectivity index (χ2n) is 3.61. The highest BCUT2D eigenvalue weighted by Crippen LogP contribution is 2.25. The van der Waals surface area contributed by atoms with E-state index in [1.807, 2.05) is 6.08 Å². The predicted octanol–water partition coefficient (Wildman–Crippen LogP) is 1.65. The highest BCUT2D eigenvalue weighted by atomic mass is 15.3. The maximum Gasteiger partial charge on any atom is 0.0683 e. The molecule has 1 fully saturated rings. The number of benzene rings is 1. The van der Waals surface area contributed by atoms with E-state index in [0.717, 1.165) is 26.3 Å². The van der Waals surface area contributed by atoms with E-state index in [1.54, 1.807) is 0 Å². The summed E-state index contributed by atoms with van der Waals surface area (Å²) in [6, 6.07) is 8.39. The molecule has 1 aromatic carbocycles. The molecule has 15 heavy (non-hydrogen) atoms. The lowest BCUT2D eigenvalue weighted by Gasteiger charge is -2.20. The van der Waals surface area contributed by atoms with Crippen LogP contribution in [0.2, 0.25) is 0 Å². The van der Waals surface area contributed by atoms with Crippen molar-refractivity contribution in [3.8, 4) is 0 Å². The van der Waals surface area contributed by atoms with Crippen molar-refractivity contribution >= 4 is 11.4 Å². The van der Waals surface area contributed by atoms with Gasteiger partial charge >= 0.3 is 0 Å². The Hall–Kier alpha value is -1.48. The molecule has 3 nitrogen and oxygen atoms in total. The van der Waals surface area contributed by atoms with E-state index in [-0.39, 0.29) is 0 Å². The first-order chi connectivity index (χ1) is 7.42. The van der Waals surface area contributed by atoms with Crippen LogP contribution in [-0.2, 0) is 0 Å². The monoisotopic (exact) mass is 203 g/mol. The zero-order valence-corrected chi connectivity index (χ0v) is 8.87. The minimum absolute atomic E-state index is 0.804. The van der Waals surface area contributed by atoms with Gasteiger partial charge in [0.2, 0.25) is 0 Å². The van der Waals surface area contributed by atoms with Crippen molar-refractivity contribution in [3.63, 3.8) is 0 Å². The van der Waals surface area contributed by atoms with Crippen LogP contribution in [0.4, 0.5) is 11.4 Å². The van der Waals surface area contributed by atoms with Crippen molar-refractivity contribution in [2.24, 2.45) is 0 Å². The normalized spacial score (nSPS) is 15.3. The third-order valence-electron chi connectivity index (χ3n) is 2.54. The summed E-state index contributed by atoms with van der Waals surface area (Å²) in [4.78, 5) is 2.34. The quantitative estimate of drug-likeness (QED) is 0.729. The Kier molecular flexibility index (Phi) is 3.25. The molecule has 2 N–H and O–H groups in total. The Morgan fingerprint density at radius 2 is 2.33 bits per heavy atom. The van der Waals surface area contributed by atoms with Crippen LogP contribution < -0.4 is 15.5 Å². The van der Waals surface area contributed by atoms with Gasteiger partial charge in [-0.05, 0) is 12.1 Å². The van der Waals surface area contributed by atoms with Crippen molar-refractivity contribution in [2.45, 2.75) is 0 Å². The summed E-state index contributed by atoms with van der Waals surface area (Å²) in [6.07, 6.45) is 1.87. The van der Waals surface area contributed by atoms with Crippen molar-refractivity contribution < 1.29 is 0 Å². The number of para-hydroxylation sites is 2. The Labute approximate surface area is 90.8 Å². The van der Waals surface area contributed by atoms with Crippen LogP contribution in [0.5, 0.6) is 0 Å². The number of hydrogen-bond acceptors (Lipinski definition) is 3. The molecule has 0 aromatic heterocycles. The standard InChI is InChI=1S/C12H17N3/c1-2-7-14-11-5-3-4-6-12(11)15-9-8-13-10-15/h2-6,13-14H,1,7-10H2. The van der Waals surface area contributed by atoms with Gasteiger partial charge in [0.05, 0.1) is 18.0 Å². The van der Waals surface area contributed by atoms with Crippen LogP contribution >= 0.6 is 0 Å². The highest BCUT2D eigenvalue weighted by molar-refractivity contribution is 5.70. The average Bonchev–Trinajstić information content (AvgIpc) is 2.80. The molecule has 80 valence electrons. The smallest absolute Gasteiger partial charge is 0.0683 e. The average molecular weight is 203 g/mol. The molecule has 1 aromatic rings. The van der Waals surface area contributed by atoms with E-state index >= 15 is 0 Å². The zero-order valence-electron chi connectivity index (χ0n) is 8.87. The predicted molar refractivity (Wildman–Crippen MR) is 65.3 cm³/mol. The minimum atomic E-state index is 0.804. The van der Waals surface area contributed by atoms with E-state index in [2.05, 4.69) is 46.4 Å². The summed E-state index contributed by atoms with van der Waals surface area (Å²) in [5.41, 5.74) is 2.45. The van der Waals surface area contributed by atoms with Crippen molar-refractivity contribution in [1.82, 2.24) is 5.32 Å². The van der Waals surface area contributed by atoms with Crippen molar-refractivity contribution in [2.75, 3.05) is 36.5 Å². The third-order valence-corrected chi connectivity index (χ3v) is 2.54. The topological polar surface area (TPSA) is 27.3 Å². The van der Waals surface area contributed by atoms with Crippen LogP contribution in [0, 0.1) is 0 Å². The zero-order chi connectivity index (χ0) is 10.5. The Morgan fingerprint density at radius 3 is 3.07 bits per heavy atom. The Balaban J connectivity index is 2.16. The van der Waals surface area contributed by atoms with Gasteiger partial charge in [0.1, 0.15) is 0 Å². The Bertz CT molecular complexity index is 329. The van der Waals surface area contributed by atoms with Gasteiger partial charge in [0, 0.05) is 19.6 Å². The van der Waals surface area contributed by atoms with Gasteiger partial charge < -0.3 is 10.2 Å². The summed E-state index contributed by atoms with van der Waals surface area (Å²) in [6.45, 7) is 7.60. The molecule has 0 unspecified atom stereocenters. The first kappa shape index (κ1) is 10.1. The minimum Gasteiger partial charge on any atom is -0.380 e. The third kappa shape index (κ3) is 2.30. The van der Waals surface area contributed by atoms with E-state index in [1.165, 1.54) is 11.4 Å². The molecule has 2 rings (SSSR count). The van der Waals surface area contributed by atoms with Gasteiger partial charge in [-0.15, -0.1) is 6.58 Å². The lowest BCUT2D eigenvalue weighted by Crippen LogP contribution is -2.22. The van der Waals surface area contributed by atoms with Crippen LogP contribution in [0.25, 0.3) is 0 Å². The van der Waals surface area contributed by atoms with Gasteiger partial charge in [-0.2, -0.15) is 0 Å². The SMILES string of the molecule is C=CCNc1ccccc1N1CCNC1. The largest absolute Gasteiger partial charge is 0.380 e. The number of hydrogen-bond donors (Lipinski definition) is 2. The maximum absolute atomic E-state index is 3.71. The van der Waals surface area contributed by atoms with Crippen LogP contribution in [-0.4, -0.2) is 26.3 Å². The van der Waals surface area contributed by atoms with E-state index < -0.39 is 0 Å². The van der Waals surface area contributed by atoms with Crippen LogP contribution in [0.15, 0.2) is 36.9 Å². The fraction of sp³-hybridized carbons (Fsp3) is 0.333. The van der Waals surface area contributed by atoms with Gasteiger partial charge in [0.15, 0.2) is 0 Å². The van der Waals surface area contributed by atoms with Crippen LogP contribution in [0.1, 0.15) is 0 Å². The van der Waals surface area contributed by atoms with Gasteiger partial charge in [0.25, 0.3) is 0 Å². The molecular weight excluding hydrogens is 186 g/mol. The van der Waals surface area contributed by atoms with Gasteiger partial charge in [-0.1, -0.05) is 18.2 Å². The molecule has 1 saturated heterocycles. The van der Waals surface area contributed by atoms with E-state index in [9.17, 15) is 0 Å². The fourth-order valence-corrected chi connectivity index (χ4v) is 1.79. The molecule has 0 bridgehead atoms. The fourth-order valence-electron chi connectivity index (χ4n) is 1.79. The molecule has 1 heterocycles. The Morgan fingerprint density at radius 1 is 1.47 bits per heavy atom. The van der Waals surface area contributed by atoms with E-state index in [0.29, 0.717) is 0 Å². The molecule has 1 aliphatic heterocycles. The first-order valence-electron chi connectivity index (χ1n) is 5.31. The highest BCUT2D eigenvalue weighted by Gasteiger charge is 2.13. The maximum atomic E-state index is 3.71. The molecular formula is C12H17N3. The molecule has 0 saturated carbocycles. The van der Waals surface area contributed by atoms with Crippen LogP contribution in [0.3, 0.4) is 0 Å². The molecule has 0 spiro atoms. The van der Waals surface area contributed by atoms with Gasteiger partial charge in [-0.25, -0.2) is 0 Å². The summed E-state index contributed by atoms with van der Waals surface area (Å²) >= 11 is 0. The summed E-state index contributed by atoms with van der Waals surface area (Å²) < 4.78 is 0. The van der Waals surface area contributed by atoms with Crippen molar-refractivity contribution in [3.05, 3.63) is 36.9 Å². The summed E-state index contributed by atoms with van der Waals surface area (Å²) in [5.74, 6) is 0. The molecule has 1 aliphatic rings. The summed E-state index contributed by atoms with van der Waals surface area (Å²) in [5, 5.41) is 6.68. The lowest BCUT2D eigenvalue weighted by atomic mass is 10.2. The lowest BCUT2D eigenvalue weighted by molar-refractivity contribution is 0.855.